The van der Waals surface area contributed by atoms with Crippen LogP contribution in [0.2, 0.25) is 0 Å². The van der Waals surface area contributed by atoms with Crippen molar-refractivity contribution in [2.45, 2.75) is 0 Å². The van der Waals surface area contributed by atoms with Crippen LogP contribution >= 0.6 is 0 Å². The Morgan fingerprint density at radius 3 is 1.29 bits per heavy atom. The summed E-state index contributed by atoms with van der Waals surface area (Å²) in [7, 11) is -5.17. The van der Waals surface area contributed by atoms with E-state index in [2.05, 4.69) is 0 Å². The molecule has 0 aliphatic rings. The molecular formula is HCuNaO4S. The molecule has 0 aliphatic heterocycles. The van der Waals surface area contributed by atoms with E-state index >= 15 is 0 Å². The number of hydrogen-bond acceptors (Lipinski definition) is 4. The van der Waals surface area contributed by atoms with E-state index in [1.165, 1.54) is 0 Å². The first-order chi connectivity index (χ1) is 2.00. The predicted molar refractivity (Wildman–Crippen MR) is 11.6 cm³/mol. The van der Waals surface area contributed by atoms with Crippen molar-refractivity contribution in [1.29, 1.82) is 0 Å². The molecule has 7 heteroatoms. The van der Waals surface area contributed by atoms with E-state index in [0.717, 1.165) is 0 Å². The van der Waals surface area contributed by atoms with Crippen LogP contribution in [-0.4, -0.2) is 17.5 Å². The second kappa shape index (κ2) is 5.52. The van der Waals surface area contributed by atoms with Crippen LogP contribution in [0.1, 0.15) is 1.43 Å². The minimum Gasteiger partial charge on any atom is -1.00 e. The van der Waals surface area contributed by atoms with Crippen LogP contribution in [0.25, 0.3) is 0 Å². The minimum absolute atomic E-state index is 0. The van der Waals surface area contributed by atoms with Gasteiger partial charge in [-0.05, 0) is 0 Å². The zero-order chi connectivity index (χ0) is 4.50. The smallest absolute Gasteiger partial charge is 1.00 e. The summed E-state index contributed by atoms with van der Waals surface area (Å²) in [6.45, 7) is 0. The van der Waals surface area contributed by atoms with Gasteiger partial charge in [0.2, 0.25) is 0 Å². The Morgan fingerprint density at radius 1 is 1.29 bits per heavy atom. The molecule has 0 aliphatic carbocycles. The second-order valence-electron chi connectivity index (χ2n) is 0.408. The fourth-order valence-corrected chi connectivity index (χ4v) is 0. The van der Waals surface area contributed by atoms with Crippen LogP contribution < -0.4 is 29.6 Å². The van der Waals surface area contributed by atoms with E-state index in [1.807, 2.05) is 0 Å². The van der Waals surface area contributed by atoms with Gasteiger partial charge in [-0.25, -0.2) is 0 Å². The van der Waals surface area contributed by atoms with Crippen molar-refractivity contribution in [2.24, 2.45) is 0 Å². The number of rotatable bonds is 0. The molecule has 0 aromatic rings. The molecule has 7 heavy (non-hydrogen) atoms. The van der Waals surface area contributed by atoms with Crippen molar-refractivity contribution in [3.8, 4) is 0 Å². The molecule has 0 atom stereocenters. The van der Waals surface area contributed by atoms with E-state index < -0.39 is 10.4 Å². The fraction of sp³-hybridized carbons (Fsp3) is 0. The monoisotopic (exact) mass is 183 g/mol. The van der Waals surface area contributed by atoms with Crippen LogP contribution in [-0.2, 0) is 27.5 Å². The van der Waals surface area contributed by atoms with Crippen LogP contribution in [0.15, 0.2) is 0 Å². The van der Waals surface area contributed by atoms with Gasteiger partial charge in [0.1, 0.15) is 0 Å². The third-order valence-electron chi connectivity index (χ3n) is 0. The standard InChI is InChI=1S/Cu.Na.H2O4S.H/c;;1-5(2,3)4;/h;;(H2,1,2,3,4);/q+2;+1;;-1/p-2. The summed E-state index contributed by atoms with van der Waals surface area (Å²) in [6, 6.07) is 0. The van der Waals surface area contributed by atoms with Gasteiger partial charge in [0.15, 0.2) is 0 Å². The molecular weight excluding hydrogens is 183 g/mol. The summed E-state index contributed by atoms with van der Waals surface area (Å²) in [5, 5.41) is 0. The first-order valence-corrected chi connectivity index (χ1v) is 2.00. The van der Waals surface area contributed by atoms with E-state index in [4.69, 9.17) is 17.5 Å². The molecule has 43 valence electrons. The first kappa shape index (κ1) is 15.8. The van der Waals surface area contributed by atoms with Gasteiger partial charge in [-0.3, -0.25) is 8.42 Å². The summed E-state index contributed by atoms with van der Waals surface area (Å²) in [5.41, 5.74) is 0. The van der Waals surface area contributed by atoms with Crippen LogP contribution in [0, 0.1) is 0 Å². The maximum atomic E-state index is 8.52. The largest absolute Gasteiger partial charge is 2.00 e. The molecule has 0 fully saturated rings. The normalized spacial score (nSPS) is 8.29. The predicted octanol–water partition coefficient (Wildman–Crippen LogP) is -4.22. The van der Waals surface area contributed by atoms with Gasteiger partial charge in [0, 0.05) is 10.4 Å². The zero-order valence-corrected chi connectivity index (χ0v) is 7.10. The van der Waals surface area contributed by atoms with Crippen LogP contribution in [0.3, 0.4) is 0 Å². The minimum atomic E-state index is -5.17. The summed E-state index contributed by atoms with van der Waals surface area (Å²) in [5.74, 6) is 0. The SMILES string of the molecule is O=S(=O)([O-])[O-].[Cu+2].[H-].[Na+]. The van der Waals surface area contributed by atoms with Crippen molar-refractivity contribution in [3.05, 3.63) is 0 Å². The molecule has 0 saturated heterocycles. The Balaban J connectivity index is -0.0000000267. The quantitative estimate of drug-likeness (QED) is 0.217. The van der Waals surface area contributed by atoms with Crippen LogP contribution in [0.4, 0.5) is 0 Å². The van der Waals surface area contributed by atoms with Gasteiger partial charge in [0.05, 0.1) is 0 Å². The summed E-state index contributed by atoms with van der Waals surface area (Å²) in [6.07, 6.45) is 0. The van der Waals surface area contributed by atoms with E-state index in [0.29, 0.717) is 0 Å². The van der Waals surface area contributed by atoms with E-state index in [-0.39, 0.29) is 48.1 Å². The first-order valence-electron chi connectivity index (χ1n) is 0.667. The van der Waals surface area contributed by atoms with Crippen LogP contribution in [0.5, 0.6) is 0 Å². The molecule has 0 spiro atoms. The van der Waals surface area contributed by atoms with Crippen molar-refractivity contribution >= 4 is 10.4 Å². The molecule has 0 saturated carbocycles. The average molecular weight is 184 g/mol. The summed E-state index contributed by atoms with van der Waals surface area (Å²) >= 11 is 0. The Hall–Kier alpha value is 1.39. The third-order valence-corrected chi connectivity index (χ3v) is 0. The molecule has 0 heterocycles. The molecule has 1 radical (unpaired) electrons. The average Bonchev–Trinajstić information content (AvgIpc) is 0.722. The Bertz CT molecular complexity index is 99.2. The van der Waals surface area contributed by atoms with Gasteiger partial charge in [-0.15, -0.1) is 0 Å². The Morgan fingerprint density at radius 2 is 1.29 bits per heavy atom. The molecule has 0 N–H and O–H groups in total. The molecule has 0 aromatic carbocycles. The van der Waals surface area contributed by atoms with Gasteiger partial charge < -0.3 is 10.5 Å². The zero-order valence-electron chi connectivity index (χ0n) is 4.34. The van der Waals surface area contributed by atoms with Crippen molar-refractivity contribution in [1.82, 2.24) is 0 Å². The van der Waals surface area contributed by atoms with Gasteiger partial charge in [0.25, 0.3) is 0 Å². The van der Waals surface area contributed by atoms with Gasteiger partial charge >= 0.3 is 46.6 Å². The maximum absolute atomic E-state index is 8.52. The second-order valence-corrected chi connectivity index (χ2v) is 1.22. The van der Waals surface area contributed by atoms with Crippen molar-refractivity contribution < 1.29 is 65.6 Å². The van der Waals surface area contributed by atoms with Crippen molar-refractivity contribution in [3.63, 3.8) is 0 Å². The number of hydrogen-bond donors (Lipinski definition) is 0. The Kier molecular flexibility index (Phi) is 12.4. The molecule has 0 unspecified atom stereocenters. The summed E-state index contributed by atoms with van der Waals surface area (Å²) < 4.78 is 34.1. The molecule has 0 aromatic heterocycles. The molecule has 4 nitrogen and oxygen atoms in total. The molecule has 0 amide bonds. The van der Waals surface area contributed by atoms with Gasteiger partial charge in [-0.2, -0.15) is 0 Å². The topological polar surface area (TPSA) is 80.3 Å². The molecule has 0 rings (SSSR count). The van der Waals surface area contributed by atoms with E-state index in [1.54, 1.807) is 0 Å². The maximum Gasteiger partial charge on any atom is 2.00 e. The third kappa shape index (κ3) is 111. The summed E-state index contributed by atoms with van der Waals surface area (Å²) in [4.78, 5) is 0. The Labute approximate surface area is 75.5 Å². The van der Waals surface area contributed by atoms with E-state index in [9.17, 15) is 0 Å². The van der Waals surface area contributed by atoms with Gasteiger partial charge in [-0.1, -0.05) is 0 Å². The molecule has 0 bridgehead atoms. The van der Waals surface area contributed by atoms with Crippen molar-refractivity contribution in [2.75, 3.05) is 0 Å². The fourth-order valence-electron chi connectivity index (χ4n) is 0.